The maximum absolute atomic E-state index is 9.62. The zero-order chi connectivity index (χ0) is 9.35. The zero-order valence-electron chi connectivity index (χ0n) is 8.37. The summed E-state index contributed by atoms with van der Waals surface area (Å²) in [6.45, 7) is 4.84. The van der Waals surface area contributed by atoms with Gasteiger partial charge in [0.1, 0.15) is 0 Å². The van der Waals surface area contributed by atoms with Crippen LogP contribution in [-0.4, -0.2) is 48.5 Å². The molecule has 1 fully saturated rings. The molecule has 0 aromatic carbocycles. The molecule has 3 heteroatoms. The maximum atomic E-state index is 9.62. The number of likely N-dealkylation sites (N-methyl/N-ethyl adjacent to an activating group) is 1. The van der Waals surface area contributed by atoms with Crippen molar-refractivity contribution in [2.24, 2.45) is 0 Å². The van der Waals surface area contributed by atoms with Crippen LogP contribution in [0.1, 0.15) is 20.3 Å². The van der Waals surface area contributed by atoms with Crippen LogP contribution in [0.5, 0.6) is 0 Å². The van der Waals surface area contributed by atoms with Gasteiger partial charge < -0.3 is 14.7 Å². The Balaban J connectivity index is 2.47. The molecule has 1 aliphatic rings. The molecule has 1 heterocycles. The second-order valence-corrected chi connectivity index (χ2v) is 4.45. The Morgan fingerprint density at radius 3 is 2.42 bits per heavy atom. The quantitative estimate of drug-likeness (QED) is 0.659. The highest BCUT2D eigenvalue weighted by molar-refractivity contribution is 4.88. The molecule has 0 bridgehead atoms. The Morgan fingerprint density at radius 2 is 2.08 bits per heavy atom. The average molecular weight is 173 g/mol. The molecule has 0 aliphatic carbocycles. The largest absolute Gasteiger partial charge is 0.390 e. The van der Waals surface area contributed by atoms with Crippen LogP contribution in [0.4, 0.5) is 0 Å². The Kier molecular flexibility index (Phi) is 2.76. The van der Waals surface area contributed by atoms with Crippen molar-refractivity contribution in [3.05, 3.63) is 0 Å². The first-order valence-corrected chi connectivity index (χ1v) is 4.41. The van der Waals surface area contributed by atoms with Crippen molar-refractivity contribution in [2.45, 2.75) is 38.1 Å². The molecule has 2 atom stereocenters. The Hall–Kier alpha value is -0.120. The topological polar surface area (TPSA) is 32.7 Å². The smallest absolute Gasteiger partial charge is 0.0968 e. The van der Waals surface area contributed by atoms with E-state index in [2.05, 4.69) is 0 Å². The predicted octanol–water partition coefficient (Wildman–Crippen LogP) is 0.476. The van der Waals surface area contributed by atoms with Gasteiger partial charge in [0.15, 0.2) is 0 Å². The molecule has 0 aromatic rings. The summed E-state index contributed by atoms with van der Waals surface area (Å²) in [4.78, 5) is 2.04. The minimum absolute atomic E-state index is 0.0185. The fourth-order valence-corrected chi connectivity index (χ4v) is 1.69. The lowest BCUT2D eigenvalue weighted by atomic mass is 10.0. The van der Waals surface area contributed by atoms with E-state index in [9.17, 15) is 5.11 Å². The first-order valence-electron chi connectivity index (χ1n) is 4.41. The van der Waals surface area contributed by atoms with Gasteiger partial charge in [-0.1, -0.05) is 0 Å². The van der Waals surface area contributed by atoms with Crippen molar-refractivity contribution in [1.82, 2.24) is 4.90 Å². The molecule has 3 nitrogen and oxygen atoms in total. The van der Waals surface area contributed by atoms with Crippen LogP contribution < -0.4 is 0 Å². The molecular formula is C9H19NO2. The second kappa shape index (κ2) is 3.32. The highest BCUT2D eigenvalue weighted by Gasteiger charge is 2.39. The standard InChI is InChI=1S/C9H19NO2/c1-9(2)5-7(11)8(12-9)6-10(3)4/h7-8,11H,5-6H2,1-4H3/t7-,8-/m1/s1. The number of nitrogens with zero attached hydrogens (tertiary/aromatic N) is 1. The molecule has 12 heavy (non-hydrogen) atoms. The number of hydrogen-bond donors (Lipinski definition) is 1. The van der Waals surface area contributed by atoms with Gasteiger partial charge in [-0.25, -0.2) is 0 Å². The molecule has 0 spiro atoms. The van der Waals surface area contributed by atoms with Crippen molar-refractivity contribution in [1.29, 1.82) is 0 Å². The average Bonchev–Trinajstić information content (AvgIpc) is 2.03. The Bertz CT molecular complexity index is 157. The molecule has 0 radical (unpaired) electrons. The van der Waals surface area contributed by atoms with E-state index in [0.29, 0.717) is 0 Å². The number of aliphatic hydroxyl groups is 1. The highest BCUT2D eigenvalue weighted by atomic mass is 16.5. The van der Waals surface area contributed by atoms with Crippen LogP contribution in [0.25, 0.3) is 0 Å². The number of ether oxygens (including phenoxy) is 1. The van der Waals surface area contributed by atoms with Crippen molar-refractivity contribution >= 4 is 0 Å². The van der Waals surface area contributed by atoms with Gasteiger partial charge in [0.25, 0.3) is 0 Å². The molecule has 1 aliphatic heterocycles. The van der Waals surface area contributed by atoms with Gasteiger partial charge in [-0.05, 0) is 27.9 Å². The van der Waals surface area contributed by atoms with Crippen molar-refractivity contribution in [2.75, 3.05) is 20.6 Å². The molecule has 0 saturated carbocycles. The molecule has 1 rings (SSSR count). The van der Waals surface area contributed by atoms with Gasteiger partial charge in [-0.15, -0.1) is 0 Å². The summed E-state index contributed by atoms with van der Waals surface area (Å²) >= 11 is 0. The number of aliphatic hydroxyl groups excluding tert-OH is 1. The van der Waals surface area contributed by atoms with Crippen molar-refractivity contribution in [3.63, 3.8) is 0 Å². The molecule has 0 amide bonds. The zero-order valence-corrected chi connectivity index (χ0v) is 8.37. The highest BCUT2D eigenvalue weighted by Crippen LogP contribution is 2.29. The van der Waals surface area contributed by atoms with Crippen LogP contribution >= 0.6 is 0 Å². The molecule has 1 saturated heterocycles. The summed E-state index contributed by atoms with van der Waals surface area (Å²) in [5.41, 5.74) is -0.153. The first kappa shape index (κ1) is 9.96. The monoisotopic (exact) mass is 173 g/mol. The molecule has 72 valence electrons. The van der Waals surface area contributed by atoms with Crippen LogP contribution in [0.3, 0.4) is 0 Å². The van der Waals surface area contributed by atoms with Crippen LogP contribution in [0.2, 0.25) is 0 Å². The van der Waals surface area contributed by atoms with Crippen LogP contribution in [0.15, 0.2) is 0 Å². The van der Waals surface area contributed by atoms with E-state index in [-0.39, 0.29) is 17.8 Å². The fourth-order valence-electron chi connectivity index (χ4n) is 1.69. The third-order valence-corrected chi connectivity index (χ3v) is 2.15. The third kappa shape index (κ3) is 2.44. The summed E-state index contributed by atoms with van der Waals surface area (Å²) in [5, 5.41) is 9.62. The van der Waals surface area contributed by atoms with Gasteiger partial charge in [-0.3, -0.25) is 0 Å². The lowest BCUT2D eigenvalue weighted by Crippen LogP contribution is -2.33. The summed E-state index contributed by atoms with van der Waals surface area (Å²) in [5.74, 6) is 0. The summed E-state index contributed by atoms with van der Waals surface area (Å²) in [6, 6.07) is 0. The van der Waals surface area contributed by atoms with Gasteiger partial charge in [0.2, 0.25) is 0 Å². The van der Waals surface area contributed by atoms with Crippen LogP contribution in [-0.2, 0) is 4.74 Å². The first-order chi connectivity index (χ1) is 5.41. The van der Waals surface area contributed by atoms with E-state index >= 15 is 0 Å². The van der Waals surface area contributed by atoms with Gasteiger partial charge in [-0.2, -0.15) is 0 Å². The third-order valence-electron chi connectivity index (χ3n) is 2.15. The van der Waals surface area contributed by atoms with E-state index in [4.69, 9.17) is 4.74 Å². The molecule has 1 N–H and O–H groups in total. The maximum Gasteiger partial charge on any atom is 0.0968 e. The Morgan fingerprint density at radius 1 is 1.50 bits per heavy atom. The van der Waals surface area contributed by atoms with E-state index in [1.807, 2.05) is 32.8 Å². The SMILES string of the molecule is CN(C)C[C@H]1OC(C)(C)C[C@H]1O. The second-order valence-electron chi connectivity index (χ2n) is 4.45. The summed E-state index contributed by atoms with van der Waals surface area (Å²) < 4.78 is 5.68. The van der Waals surface area contributed by atoms with E-state index < -0.39 is 0 Å². The predicted molar refractivity (Wildman–Crippen MR) is 48.1 cm³/mol. The number of hydrogen-bond acceptors (Lipinski definition) is 3. The Labute approximate surface area is 74.3 Å². The van der Waals surface area contributed by atoms with Crippen molar-refractivity contribution in [3.8, 4) is 0 Å². The fraction of sp³-hybridized carbons (Fsp3) is 1.00. The molecule has 0 aromatic heterocycles. The van der Waals surface area contributed by atoms with E-state index in [1.54, 1.807) is 0 Å². The van der Waals surface area contributed by atoms with E-state index in [0.717, 1.165) is 13.0 Å². The summed E-state index contributed by atoms with van der Waals surface area (Å²) in [7, 11) is 3.98. The van der Waals surface area contributed by atoms with Crippen molar-refractivity contribution < 1.29 is 9.84 Å². The van der Waals surface area contributed by atoms with Gasteiger partial charge >= 0.3 is 0 Å². The summed E-state index contributed by atoms with van der Waals surface area (Å²) in [6.07, 6.45) is 0.420. The van der Waals surface area contributed by atoms with E-state index in [1.165, 1.54) is 0 Å². The normalized spacial score (nSPS) is 34.5. The van der Waals surface area contributed by atoms with Gasteiger partial charge in [0, 0.05) is 13.0 Å². The lowest BCUT2D eigenvalue weighted by molar-refractivity contribution is -0.0409. The minimum Gasteiger partial charge on any atom is -0.390 e. The van der Waals surface area contributed by atoms with Gasteiger partial charge in [0.05, 0.1) is 17.8 Å². The van der Waals surface area contributed by atoms with Crippen LogP contribution in [0, 0.1) is 0 Å². The molecular weight excluding hydrogens is 154 g/mol. The molecule has 0 unspecified atom stereocenters. The minimum atomic E-state index is -0.303. The lowest BCUT2D eigenvalue weighted by Gasteiger charge is -2.21. The number of rotatable bonds is 2.